The average molecular weight is 454 g/mol. The number of carbonyl (C=O) groups excluding carboxylic acids is 2. The number of hydrogen-bond donors (Lipinski definition) is 0. The lowest BCUT2D eigenvalue weighted by Gasteiger charge is -2.16. The molecular formula is C26H31NO6. The third-order valence-corrected chi connectivity index (χ3v) is 5.26. The Morgan fingerprint density at radius 1 is 0.879 bits per heavy atom. The van der Waals surface area contributed by atoms with Crippen molar-refractivity contribution < 1.29 is 28.5 Å². The quantitative estimate of drug-likeness (QED) is 0.391. The smallest absolute Gasteiger partial charge is 0.347 e. The van der Waals surface area contributed by atoms with Crippen LogP contribution in [0.5, 0.6) is 11.5 Å². The van der Waals surface area contributed by atoms with E-state index in [-0.39, 0.29) is 13.2 Å². The van der Waals surface area contributed by atoms with E-state index in [9.17, 15) is 9.59 Å². The molecule has 0 saturated carbocycles. The Morgan fingerprint density at radius 3 is 2.15 bits per heavy atom. The summed E-state index contributed by atoms with van der Waals surface area (Å²) in [6, 6.07) is 13.2. The first kappa shape index (κ1) is 24.2. The molecule has 2 aromatic carbocycles. The number of esters is 2. The van der Waals surface area contributed by atoms with Crippen LogP contribution >= 0.6 is 0 Å². The zero-order valence-corrected chi connectivity index (χ0v) is 19.8. The van der Waals surface area contributed by atoms with Crippen molar-refractivity contribution in [3.8, 4) is 17.2 Å². The van der Waals surface area contributed by atoms with Gasteiger partial charge in [0, 0.05) is 16.8 Å². The van der Waals surface area contributed by atoms with Gasteiger partial charge in [-0.3, -0.25) is 0 Å². The predicted octanol–water partition coefficient (Wildman–Crippen LogP) is 5.23. The summed E-state index contributed by atoms with van der Waals surface area (Å²) in [5.41, 5.74) is 2.94. The molecule has 1 heterocycles. The minimum atomic E-state index is -0.720. The standard InChI is InChI=1S/C26H31NO6/c1-6-23(25(28)31-8-3)33-20-14-15-22-21(16-20)24(26(29)32-9-4)17(5)27(22)18-10-12-19(13-11-18)30-7-2/h10-16,23H,6-9H2,1-5H3. The van der Waals surface area contributed by atoms with Crippen LogP contribution in [0.15, 0.2) is 42.5 Å². The molecule has 7 nitrogen and oxygen atoms in total. The fourth-order valence-corrected chi connectivity index (χ4v) is 3.82. The number of fused-ring (bicyclic) bond motifs is 1. The van der Waals surface area contributed by atoms with Gasteiger partial charge in [-0.05, 0) is 76.6 Å². The minimum Gasteiger partial charge on any atom is -0.494 e. The topological polar surface area (TPSA) is 76.0 Å². The summed E-state index contributed by atoms with van der Waals surface area (Å²) >= 11 is 0. The Bertz CT molecular complexity index is 1120. The normalized spacial score (nSPS) is 11.8. The van der Waals surface area contributed by atoms with E-state index in [0.29, 0.717) is 29.7 Å². The van der Waals surface area contributed by atoms with E-state index in [1.807, 2.05) is 55.7 Å². The van der Waals surface area contributed by atoms with Gasteiger partial charge in [-0.1, -0.05) is 6.92 Å². The summed E-state index contributed by atoms with van der Waals surface area (Å²) in [7, 11) is 0. The van der Waals surface area contributed by atoms with Crippen LogP contribution in [-0.4, -0.2) is 42.4 Å². The van der Waals surface area contributed by atoms with Crippen molar-refractivity contribution in [1.82, 2.24) is 4.57 Å². The summed E-state index contributed by atoms with van der Waals surface area (Å²) in [6.45, 7) is 10.4. The Morgan fingerprint density at radius 2 is 1.55 bits per heavy atom. The van der Waals surface area contributed by atoms with Gasteiger partial charge in [0.15, 0.2) is 6.10 Å². The lowest BCUT2D eigenvalue weighted by Crippen LogP contribution is -2.28. The van der Waals surface area contributed by atoms with E-state index in [4.69, 9.17) is 18.9 Å². The summed E-state index contributed by atoms with van der Waals surface area (Å²) in [6.07, 6.45) is -0.254. The third kappa shape index (κ3) is 5.13. The molecule has 0 spiro atoms. The molecule has 1 aromatic heterocycles. The summed E-state index contributed by atoms with van der Waals surface area (Å²) in [4.78, 5) is 25.1. The summed E-state index contributed by atoms with van der Waals surface area (Å²) in [5.74, 6) is 0.450. The van der Waals surface area contributed by atoms with Gasteiger partial charge in [-0.25, -0.2) is 9.59 Å². The molecule has 0 fully saturated rings. The Kier molecular flexibility index (Phi) is 7.98. The largest absolute Gasteiger partial charge is 0.494 e. The monoisotopic (exact) mass is 453 g/mol. The van der Waals surface area contributed by atoms with Gasteiger partial charge in [-0.15, -0.1) is 0 Å². The van der Waals surface area contributed by atoms with E-state index in [1.54, 1.807) is 26.0 Å². The van der Waals surface area contributed by atoms with Crippen LogP contribution in [0.4, 0.5) is 0 Å². The SMILES string of the molecule is CCOC(=O)c1c(C)n(-c2ccc(OCC)cc2)c2ccc(OC(CC)C(=O)OCC)cc12. The highest BCUT2D eigenvalue weighted by molar-refractivity contribution is 6.07. The molecule has 0 saturated heterocycles. The number of nitrogens with zero attached hydrogens (tertiary/aromatic N) is 1. The maximum atomic E-state index is 12.9. The molecule has 176 valence electrons. The molecule has 1 unspecified atom stereocenters. The van der Waals surface area contributed by atoms with E-state index >= 15 is 0 Å². The highest BCUT2D eigenvalue weighted by Crippen LogP contribution is 2.33. The second-order valence-electron chi connectivity index (χ2n) is 7.39. The number of carbonyl (C=O) groups is 2. The minimum absolute atomic E-state index is 0.269. The van der Waals surface area contributed by atoms with E-state index in [2.05, 4.69) is 0 Å². The summed E-state index contributed by atoms with van der Waals surface area (Å²) < 4.78 is 23.9. The molecular weight excluding hydrogens is 422 g/mol. The van der Waals surface area contributed by atoms with Crippen molar-refractivity contribution in [1.29, 1.82) is 0 Å². The molecule has 7 heteroatoms. The van der Waals surface area contributed by atoms with Crippen molar-refractivity contribution in [2.75, 3.05) is 19.8 Å². The summed E-state index contributed by atoms with van der Waals surface area (Å²) in [5, 5.41) is 0.691. The van der Waals surface area contributed by atoms with Gasteiger partial charge in [0.1, 0.15) is 11.5 Å². The zero-order chi connectivity index (χ0) is 24.0. The Hall–Kier alpha value is -3.48. The molecule has 0 N–H and O–H groups in total. The highest BCUT2D eigenvalue weighted by atomic mass is 16.6. The van der Waals surface area contributed by atoms with E-state index < -0.39 is 18.0 Å². The fourth-order valence-electron chi connectivity index (χ4n) is 3.82. The van der Waals surface area contributed by atoms with Gasteiger partial charge in [0.25, 0.3) is 0 Å². The number of benzene rings is 2. The van der Waals surface area contributed by atoms with Crippen LogP contribution in [0, 0.1) is 6.92 Å². The Balaban J connectivity index is 2.10. The van der Waals surface area contributed by atoms with Gasteiger partial charge >= 0.3 is 11.9 Å². The average Bonchev–Trinajstić information content (AvgIpc) is 3.09. The van der Waals surface area contributed by atoms with E-state index in [0.717, 1.165) is 22.6 Å². The van der Waals surface area contributed by atoms with Crippen LogP contribution in [0.3, 0.4) is 0 Å². The van der Waals surface area contributed by atoms with Crippen molar-refractivity contribution in [3.05, 3.63) is 53.7 Å². The first-order valence-electron chi connectivity index (χ1n) is 11.3. The Labute approximate surface area is 194 Å². The van der Waals surface area contributed by atoms with E-state index in [1.165, 1.54) is 0 Å². The lowest BCUT2D eigenvalue weighted by atomic mass is 10.1. The van der Waals surface area contributed by atoms with Crippen LogP contribution < -0.4 is 9.47 Å². The highest BCUT2D eigenvalue weighted by Gasteiger charge is 2.24. The molecule has 0 bridgehead atoms. The van der Waals surface area contributed by atoms with Crippen LogP contribution in [0.1, 0.15) is 50.2 Å². The first-order chi connectivity index (χ1) is 15.9. The van der Waals surface area contributed by atoms with Gasteiger partial charge in [0.05, 0.1) is 30.9 Å². The number of aromatic nitrogens is 1. The molecule has 33 heavy (non-hydrogen) atoms. The second-order valence-corrected chi connectivity index (χ2v) is 7.39. The first-order valence-corrected chi connectivity index (χ1v) is 11.3. The number of hydrogen-bond acceptors (Lipinski definition) is 6. The van der Waals surface area contributed by atoms with Crippen LogP contribution in [0.2, 0.25) is 0 Å². The number of rotatable bonds is 10. The molecule has 0 aliphatic rings. The van der Waals surface area contributed by atoms with Crippen molar-refractivity contribution in [2.24, 2.45) is 0 Å². The third-order valence-electron chi connectivity index (χ3n) is 5.26. The maximum absolute atomic E-state index is 12.9. The van der Waals surface area contributed by atoms with Gasteiger partial charge in [-0.2, -0.15) is 0 Å². The van der Waals surface area contributed by atoms with Crippen molar-refractivity contribution >= 4 is 22.8 Å². The van der Waals surface area contributed by atoms with Crippen LogP contribution in [0.25, 0.3) is 16.6 Å². The van der Waals surface area contributed by atoms with Crippen molar-refractivity contribution in [3.63, 3.8) is 0 Å². The van der Waals surface area contributed by atoms with Crippen LogP contribution in [-0.2, 0) is 14.3 Å². The molecule has 0 amide bonds. The maximum Gasteiger partial charge on any atom is 0.347 e. The zero-order valence-electron chi connectivity index (χ0n) is 19.8. The van der Waals surface area contributed by atoms with Gasteiger partial charge < -0.3 is 23.5 Å². The second kappa shape index (κ2) is 10.9. The molecule has 0 radical (unpaired) electrons. The molecule has 1 atom stereocenters. The molecule has 3 aromatic rings. The fraction of sp³-hybridized carbons (Fsp3) is 0.385. The molecule has 3 rings (SSSR count). The predicted molar refractivity (Wildman–Crippen MR) is 126 cm³/mol. The van der Waals surface area contributed by atoms with Gasteiger partial charge in [0.2, 0.25) is 0 Å². The number of ether oxygens (including phenoxy) is 4. The molecule has 0 aliphatic heterocycles. The van der Waals surface area contributed by atoms with Crippen molar-refractivity contribution in [2.45, 2.75) is 47.1 Å². The lowest BCUT2D eigenvalue weighted by molar-refractivity contribution is -0.151. The molecule has 0 aliphatic carbocycles.